The summed E-state index contributed by atoms with van der Waals surface area (Å²) in [5, 5.41) is 1.22. The Morgan fingerprint density at radius 3 is 2.17 bits per heavy atom. The first-order chi connectivity index (χ1) is 28.0. The molecule has 10 rings (SSSR count). The number of allylic oxidation sites excluding steroid dienone is 2. The molecule has 2 aliphatic heterocycles. The lowest BCUT2D eigenvalue weighted by Crippen LogP contribution is -2.63. The van der Waals surface area contributed by atoms with E-state index in [0.29, 0.717) is 5.92 Å². The lowest BCUT2D eigenvalue weighted by molar-refractivity contribution is 0.403. The molecule has 3 unspecified atom stereocenters. The van der Waals surface area contributed by atoms with Crippen molar-refractivity contribution in [1.82, 2.24) is 0 Å². The summed E-state index contributed by atoms with van der Waals surface area (Å²) in [6.45, 7) is 25.8. The first-order valence-corrected chi connectivity index (χ1v) is 22.0. The molecular formula is C55H59BN2O. The highest BCUT2D eigenvalue weighted by Gasteiger charge is 2.55. The SMILES string of the molecule is CC1=CC2C3B(c4cc(C(C)(C)C)ccc4N2c2ccc(C(C)(C)C)cc2)c2oc4cc5c(cc4c2N(c2cc(-c4ccccc4)ccc2C)C3=C1)C(C)(C)CCC5C. The smallest absolute Gasteiger partial charge is 0.272 e. The Morgan fingerprint density at radius 2 is 1.46 bits per heavy atom. The Hall–Kier alpha value is -5.22. The standard InChI is InChI=1S/C55H59BN2O/c1-33-27-47-50-48(28-33)58(46-29-37(18-17-35(46)3)36-15-13-12-14-16-36)51-42-31-43-41(34(2)25-26-55(43,10)11)32-49(42)59-52(51)56(50)44-30-39(54(7,8)9)21-24-45(44)57(47)40-22-19-38(20-23-40)53(4,5)6/h12-24,27-32,34,47,50H,25-26H2,1-11H3. The molecule has 0 bridgehead atoms. The fourth-order valence-corrected chi connectivity index (χ4v) is 10.8. The number of fused-ring (bicyclic) bond motifs is 7. The van der Waals surface area contributed by atoms with Gasteiger partial charge in [0.1, 0.15) is 5.58 Å². The Bertz CT molecular complexity index is 2720. The van der Waals surface area contributed by atoms with Gasteiger partial charge in [0.15, 0.2) is 0 Å². The second kappa shape index (κ2) is 13.1. The van der Waals surface area contributed by atoms with Crippen molar-refractivity contribution < 1.29 is 4.42 Å². The van der Waals surface area contributed by atoms with Crippen LogP contribution in [0.2, 0.25) is 5.82 Å². The number of rotatable bonds is 3. The van der Waals surface area contributed by atoms with Gasteiger partial charge < -0.3 is 14.2 Å². The molecule has 3 heterocycles. The van der Waals surface area contributed by atoms with Crippen molar-refractivity contribution in [2.24, 2.45) is 0 Å². The van der Waals surface area contributed by atoms with Gasteiger partial charge in [0.25, 0.3) is 6.71 Å². The van der Waals surface area contributed by atoms with E-state index in [9.17, 15) is 0 Å². The van der Waals surface area contributed by atoms with Crippen LogP contribution in [-0.4, -0.2) is 12.8 Å². The van der Waals surface area contributed by atoms with Crippen LogP contribution in [0.3, 0.4) is 0 Å². The largest absolute Gasteiger partial charge is 0.469 e. The van der Waals surface area contributed by atoms with Gasteiger partial charge >= 0.3 is 0 Å². The molecule has 3 nitrogen and oxygen atoms in total. The third-order valence-electron chi connectivity index (χ3n) is 14.3. The summed E-state index contributed by atoms with van der Waals surface area (Å²) in [5.41, 5.74) is 20.5. The lowest BCUT2D eigenvalue weighted by atomic mass is 9.30. The van der Waals surface area contributed by atoms with Gasteiger partial charge in [0.05, 0.1) is 17.4 Å². The highest BCUT2D eigenvalue weighted by atomic mass is 16.3. The molecule has 6 aromatic rings. The maximum absolute atomic E-state index is 7.51. The molecule has 0 fully saturated rings. The highest BCUT2D eigenvalue weighted by molar-refractivity contribution is 6.89. The molecule has 4 aliphatic rings. The Balaban J connectivity index is 1.30. The molecule has 0 amide bonds. The van der Waals surface area contributed by atoms with Crippen LogP contribution in [-0.2, 0) is 16.2 Å². The van der Waals surface area contributed by atoms with Gasteiger partial charge in [-0.25, -0.2) is 0 Å². The average molecular weight is 775 g/mol. The molecule has 0 saturated carbocycles. The molecule has 1 aromatic heterocycles. The minimum Gasteiger partial charge on any atom is -0.469 e. The van der Waals surface area contributed by atoms with Crippen molar-refractivity contribution in [3.8, 4) is 11.1 Å². The van der Waals surface area contributed by atoms with Gasteiger partial charge in [-0.15, -0.1) is 0 Å². The number of aryl methyl sites for hydroxylation is 1. The van der Waals surface area contributed by atoms with E-state index in [2.05, 4.69) is 201 Å². The average Bonchev–Trinajstić information content (AvgIpc) is 3.57. The zero-order chi connectivity index (χ0) is 41.3. The normalized spacial score (nSPS) is 20.7. The van der Waals surface area contributed by atoms with E-state index < -0.39 is 0 Å². The second-order valence-corrected chi connectivity index (χ2v) is 20.9. The van der Waals surface area contributed by atoms with Crippen LogP contribution < -0.4 is 20.9 Å². The summed E-state index contributed by atoms with van der Waals surface area (Å²) in [6, 6.07) is 39.6. The van der Waals surface area contributed by atoms with Gasteiger partial charge in [0.2, 0.25) is 0 Å². The van der Waals surface area contributed by atoms with Crippen LogP contribution in [0.4, 0.5) is 22.7 Å². The van der Waals surface area contributed by atoms with Gasteiger partial charge in [-0.3, -0.25) is 0 Å². The number of furan rings is 1. The number of anilines is 4. The van der Waals surface area contributed by atoms with Gasteiger partial charge in [-0.05, 0) is 136 Å². The summed E-state index contributed by atoms with van der Waals surface area (Å²) in [5.74, 6) is 0.594. The molecule has 3 atom stereocenters. The van der Waals surface area contributed by atoms with Crippen molar-refractivity contribution in [3.05, 3.63) is 154 Å². The van der Waals surface area contributed by atoms with Crippen LogP contribution in [0.1, 0.15) is 116 Å². The summed E-state index contributed by atoms with van der Waals surface area (Å²) < 4.78 is 7.51. The topological polar surface area (TPSA) is 19.6 Å². The van der Waals surface area contributed by atoms with Crippen molar-refractivity contribution in [3.63, 3.8) is 0 Å². The number of hydrogen-bond acceptors (Lipinski definition) is 3. The maximum atomic E-state index is 7.51. The van der Waals surface area contributed by atoms with E-state index in [4.69, 9.17) is 4.42 Å². The first kappa shape index (κ1) is 38.0. The Kier molecular flexibility index (Phi) is 8.47. The fourth-order valence-electron chi connectivity index (χ4n) is 10.8. The van der Waals surface area contributed by atoms with E-state index in [1.807, 2.05) is 0 Å². The molecule has 0 saturated heterocycles. The van der Waals surface area contributed by atoms with E-state index in [-0.39, 0.29) is 34.8 Å². The van der Waals surface area contributed by atoms with Crippen molar-refractivity contribution >= 4 is 51.6 Å². The minimum atomic E-state index is -0.0139. The van der Waals surface area contributed by atoms with Gasteiger partial charge in [-0.2, -0.15) is 0 Å². The number of benzene rings is 5. The predicted octanol–water partition coefficient (Wildman–Crippen LogP) is 13.7. The molecule has 298 valence electrons. The fraction of sp³-hybridized carbons (Fsp3) is 0.345. The number of nitrogens with zero attached hydrogens (tertiary/aromatic N) is 2. The van der Waals surface area contributed by atoms with Crippen molar-refractivity contribution in [2.75, 3.05) is 9.80 Å². The summed E-state index contributed by atoms with van der Waals surface area (Å²) in [4.78, 5) is 5.28. The summed E-state index contributed by atoms with van der Waals surface area (Å²) in [6.07, 6.45) is 7.41. The summed E-state index contributed by atoms with van der Waals surface area (Å²) in [7, 11) is 0. The van der Waals surface area contributed by atoms with Crippen molar-refractivity contribution in [1.29, 1.82) is 0 Å². The molecule has 59 heavy (non-hydrogen) atoms. The molecular weight excluding hydrogens is 715 g/mol. The van der Waals surface area contributed by atoms with E-state index in [1.54, 1.807) is 0 Å². The Morgan fingerprint density at radius 1 is 0.746 bits per heavy atom. The Labute approximate surface area is 352 Å². The predicted molar refractivity (Wildman–Crippen MR) is 252 cm³/mol. The third-order valence-corrected chi connectivity index (χ3v) is 14.3. The monoisotopic (exact) mass is 774 g/mol. The third kappa shape index (κ3) is 5.99. The van der Waals surface area contributed by atoms with Crippen LogP contribution in [0.15, 0.2) is 131 Å². The van der Waals surface area contributed by atoms with Crippen LogP contribution in [0.5, 0.6) is 0 Å². The number of hydrogen-bond donors (Lipinski definition) is 0. The lowest BCUT2D eigenvalue weighted by Gasteiger charge is -2.52. The van der Waals surface area contributed by atoms with Gasteiger partial charge in [-0.1, -0.05) is 141 Å². The highest BCUT2D eigenvalue weighted by Crippen LogP contribution is 2.55. The molecule has 5 aromatic carbocycles. The van der Waals surface area contributed by atoms with Crippen LogP contribution >= 0.6 is 0 Å². The molecule has 2 aliphatic carbocycles. The maximum Gasteiger partial charge on any atom is 0.272 e. The van der Waals surface area contributed by atoms with E-state index in [0.717, 1.165) is 11.2 Å². The van der Waals surface area contributed by atoms with Crippen LogP contribution in [0, 0.1) is 6.92 Å². The quantitative estimate of drug-likeness (QED) is 0.167. The van der Waals surface area contributed by atoms with E-state index >= 15 is 0 Å². The van der Waals surface area contributed by atoms with Gasteiger partial charge in [0, 0.05) is 34.0 Å². The summed E-state index contributed by atoms with van der Waals surface area (Å²) >= 11 is 0. The molecule has 4 heteroatoms. The zero-order valence-corrected chi connectivity index (χ0v) is 37.0. The molecule has 0 radical (unpaired) electrons. The minimum absolute atomic E-state index is 0.0139. The molecule has 0 N–H and O–H groups in total. The zero-order valence-electron chi connectivity index (χ0n) is 37.0. The first-order valence-electron chi connectivity index (χ1n) is 22.0. The second-order valence-electron chi connectivity index (χ2n) is 20.9. The van der Waals surface area contributed by atoms with Crippen molar-refractivity contribution in [2.45, 2.75) is 123 Å². The van der Waals surface area contributed by atoms with E-state index in [1.165, 1.54) is 96.7 Å². The van der Waals surface area contributed by atoms with Crippen LogP contribution in [0.25, 0.3) is 22.1 Å². The molecule has 0 spiro atoms.